The number of aromatic amines is 1. The Kier molecular flexibility index (Phi) is 4.78. The summed E-state index contributed by atoms with van der Waals surface area (Å²) in [7, 11) is 0. The third-order valence-corrected chi connectivity index (χ3v) is 7.47. The molecule has 32 heavy (non-hydrogen) atoms. The van der Waals surface area contributed by atoms with Crippen molar-refractivity contribution in [2.24, 2.45) is 17.8 Å². The Hall–Kier alpha value is -2.43. The Bertz CT molecular complexity index is 983. The van der Waals surface area contributed by atoms with Gasteiger partial charge < -0.3 is 30.3 Å². The second-order valence-corrected chi connectivity index (χ2v) is 10.1. The molecule has 172 valence electrons. The summed E-state index contributed by atoms with van der Waals surface area (Å²) in [6, 6.07) is 3.84. The Labute approximate surface area is 186 Å². The SMILES string of the molecule is Cc1cc(Nc2cc(OC3COCC3O)nc(NC3C4CC5CC3CC(O)(C5)C4)n2)n[nH]1. The molecule has 4 atom stereocenters. The molecule has 0 aromatic carbocycles. The molecule has 3 heterocycles. The fourth-order valence-electron chi connectivity index (χ4n) is 6.38. The summed E-state index contributed by atoms with van der Waals surface area (Å²) >= 11 is 0. The first-order valence-corrected chi connectivity index (χ1v) is 11.5. The highest BCUT2D eigenvalue weighted by Gasteiger charge is 2.54. The van der Waals surface area contributed by atoms with Crippen LogP contribution in [0.25, 0.3) is 0 Å². The van der Waals surface area contributed by atoms with Gasteiger partial charge in [0.2, 0.25) is 11.8 Å². The van der Waals surface area contributed by atoms with E-state index in [4.69, 9.17) is 9.47 Å². The van der Waals surface area contributed by atoms with Gasteiger partial charge in [-0.25, -0.2) is 0 Å². The summed E-state index contributed by atoms with van der Waals surface area (Å²) in [6.07, 6.45) is 3.79. The van der Waals surface area contributed by atoms with Gasteiger partial charge in [-0.3, -0.25) is 5.10 Å². The smallest absolute Gasteiger partial charge is 0.228 e. The molecule has 4 aliphatic carbocycles. The van der Waals surface area contributed by atoms with Crippen molar-refractivity contribution < 1.29 is 19.7 Å². The van der Waals surface area contributed by atoms with Crippen molar-refractivity contribution in [3.63, 3.8) is 0 Å². The van der Waals surface area contributed by atoms with E-state index in [1.54, 1.807) is 6.07 Å². The molecule has 0 spiro atoms. The first-order valence-electron chi connectivity index (χ1n) is 11.5. The number of rotatable bonds is 6. The number of nitrogens with one attached hydrogen (secondary N) is 3. The fraction of sp³-hybridized carbons (Fsp3) is 0.682. The van der Waals surface area contributed by atoms with Gasteiger partial charge in [0, 0.05) is 23.9 Å². The topological polar surface area (TPSA) is 137 Å². The molecule has 2 aromatic rings. The van der Waals surface area contributed by atoms with E-state index < -0.39 is 17.8 Å². The van der Waals surface area contributed by atoms with E-state index in [1.165, 1.54) is 0 Å². The lowest BCUT2D eigenvalue weighted by Gasteiger charge is -2.58. The number of nitrogens with zero attached hydrogens (tertiary/aromatic N) is 3. The van der Waals surface area contributed by atoms with Gasteiger partial charge in [0.15, 0.2) is 11.9 Å². The molecule has 0 amide bonds. The zero-order valence-electron chi connectivity index (χ0n) is 18.1. The fourth-order valence-corrected chi connectivity index (χ4v) is 6.38. The van der Waals surface area contributed by atoms with Gasteiger partial charge >= 0.3 is 0 Å². The van der Waals surface area contributed by atoms with Gasteiger partial charge in [0.05, 0.1) is 18.8 Å². The molecule has 7 rings (SSSR count). The van der Waals surface area contributed by atoms with E-state index >= 15 is 0 Å². The van der Waals surface area contributed by atoms with Crippen LogP contribution in [0.5, 0.6) is 5.88 Å². The molecule has 5 N–H and O–H groups in total. The molecule has 1 saturated heterocycles. The highest BCUT2D eigenvalue weighted by Crippen LogP contribution is 2.56. The Morgan fingerprint density at radius 1 is 1.12 bits per heavy atom. The Morgan fingerprint density at radius 2 is 1.94 bits per heavy atom. The van der Waals surface area contributed by atoms with E-state index in [2.05, 4.69) is 30.8 Å². The van der Waals surface area contributed by atoms with Crippen LogP contribution in [0.15, 0.2) is 12.1 Å². The van der Waals surface area contributed by atoms with Crippen LogP contribution >= 0.6 is 0 Å². The number of ether oxygens (including phenoxy) is 2. The van der Waals surface area contributed by atoms with Crippen LogP contribution in [-0.2, 0) is 4.74 Å². The molecule has 2 aromatic heterocycles. The average Bonchev–Trinajstić information content (AvgIpc) is 3.31. The van der Waals surface area contributed by atoms with Crippen molar-refractivity contribution in [1.29, 1.82) is 0 Å². The maximum atomic E-state index is 10.9. The minimum absolute atomic E-state index is 0.239. The molecule has 5 aliphatic rings. The molecule has 1 aliphatic heterocycles. The van der Waals surface area contributed by atoms with E-state index in [0.717, 1.165) is 37.8 Å². The molecule has 5 fully saturated rings. The normalized spacial score (nSPS) is 37.6. The molecule has 10 nitrogen and oxygen atoms in total. The highest BCUT2D eigenvalue weighted by molar-refractivity contribution is 5.55. The lowest BCUT2D eigenvalue weighted by molar-refractivity contribution is -0.129. The molecule has 4 unspecified atom stereocenters. The number of aryl methyl sites for hydroxylation is 1. The number of H-pyrrole nitrogens is 1. The van der Waals surface area contributed by atoms with Crippen LogP contribution < -0.4 is 15.4 Å². The molecule has 10 heteroatoms. The second kappa shape index (κ2) is 7.57. The zero-order valence-corrected chi connectivity index (χ0v) is 18.1. The lowest BCUT2D eigenvalue weighted by atomic mass is 9.52. The zero-order chi connectivity index (χ0) is 21.9. The van der Waals surface area contributed by atoms with Gasteiger partial charge in [0.1, 0.15) is 11.9 Å². The predicted molar refractivity (Wildman–Crippen MR) is 116 cm³/mol. The van der Waals surface area contributed by atoms with Crippen LogP contribution in [0.4, 0.5) is 17.6 Å². The first-order chi connectivity index (χ1) is 15.4. The van der Waals surface area contributed by atoms with Gasteiger partial charge in [-0.05, 0) is 56.8 Å². The Morgan fingerprint density at radius 3 is 2.59 bits per heavy atom. The van der Waals surface area contributed by atoms with E-state index in [1.807, 2.05) is 13.0 Å². The van der Waals surface area contributed by atoms with Crippen molar-refractivity contribution in [2.45, 2.75) is 62.9 Å². The van der Waals surface area contributed by atoms with Crippen molar-refractivity contribution in [3.8, 4) is 5.88 Å². The minimum Gasteiger partial charge on any atom is -0.469 e. The maximum absolute atomic E-state index is 10.9. The summed E-state index contributed by atoms with van der Waals surface area (Å²) in [6.45, 7) is 2.51. The molecule has 4 saturated carbocycles. The molecular formula is C22H30N6O4. The first kappa shape index (κ1) is 20.2. The van der Waals surface area contributed by atoms with Gasteiger partial charge in [0.25, 0.3) is 0 Å². The number of hydrogen-bond acceptors (Lipinski definition) is 9. The van der Waals surface area contributed by atoms with Crippen molar-refractivity contribution in [2.75, 3.05) is 23.8 Å². The van der Waals surface area contributed by atoms with Crippen LogP contribution in [0, 0.1) is 24.7 Å². The number of aliphatic hydroxyl groups is 2. The van der Waals surface area contributed by atoms with Crippen molar-refractivity contribution >= 4 is 17.6 Å². The third kappa shape index (κ3) is 3.80. The van der Waals surface area contributed by atoms with Crippen molar-refractivity contribution in [1.82, 2.24) is 20.2 Å². The van der Waals surface area contributed by atoms with E-state index in [9.17, 15) is 10.2 Å². The van der Waals surface area contributed by atoms with Gasteiger partial charge in [-0.2, -0.15) is 15.1 Å². The lowest BCUT2D eigenvalue weighted by Crippen LogP contribution is -2.59. The van der Waals surface area contributed by atoms with Crippen LogP contribution in [0.1, 0.15) is 37.8 Å². The molecular weight excluding hydrogens is 412 g/mol. The second-order valence-electron chi connectivity index (χ2n) is 10.1. The van der Waals surface area contributed by atoms with Crippen molar-refractivity contribution in [3.05, 3.63) is 17.8 Å². The average molecular weight is 443 g/mol. The molecule has 0 radical (unpaired) electrons. The summed E-state index contributed by atoms with van der Waals surface area (Å²) < 4.78 is 11.3. The van der Waals surface area contributed by atoms with Crippen LogP contribution in [0.2, 0.25) is 0 Å². The number of aromatic nitrogens is 4. The van der Waals surface area contributed by atoms with E-state index in [-0.39, 0.29) is 12.6 Å². The summed E-state index contributed by atoms with van der Waals surface area (Å²) in [5, 5.41) is 34.9. The van der Waals surface area contributed by atoms with Gasteiger partial charge in [-0.1, -0.05) is 0 Å². The van der Waals surface area contributed by atoms with E-state index in [0.29, 0.717) is 47.8 Å². The number of aliphatic hydroxyl groups excluding tert-OH is 1. The largest absolute Gasteiger partial charge is 0.469 e. The standard InChI is InChI=1S/C22H30N6O4/c1-11-2-18(28-27-11)23-17-5-19(32-16-10-31-9-15(16)29)25-21(24-17)26-20-13-3-12-4-14(20)8-22(30,6-12)7-13/h2,5,12-16,20,29-30H,3-4,6-10H2,1H3,(H3,23,24,25,26,27,28). The van der Waals surface area contributed by atoms with Gasteiger partial charge in [-0.15, -0.1) is 0 Å². The number of anilines is 3. The van der Waals surface area contributed by atoms with Crippen LogP contribution in [0.3, 0.4) is 0 Å². The Balaban J connectivity index is 1.26. The predicted octanol–water partition coefficient (Wildman–Crippen LogP) is 1.74. The quantitative estimate of drug-likeness (QED) is 0.453. The third-order valence-electron chi connectivity index (χ3n) is 7.47. The molecule has 4 bridgehead atoms. The highest BCUT2D eigenvalue weighted by atomic mass is 16.6. The monoisotopic (exact) mass is 442 g/mol. The number of hydrogen-bond donors (Lipinski definition) is 5. The van der Waals surface area contributed by atoms with Crippen LogP contribution in [-0.4, -0.2) is 67.4 Å². The maximum Gasteiger partial charge on any atom is 0.228 e. The summed E-state index contributed by atoms with van der Waals surface area (Å²) in [4.78, 5) is 9.28. The minimum atomic E-state index is -0.683. The summed E-state index contributed by atoms with van der Waals surface area (Å²) in [5.74, 6) is 3.54. The summed E-state index contributed by atoms with van der Waals surface area (Å²) in [5.41, 5.74) is 0.457.